The van der Waals surface area contributed by atoms with Crippen LogP contribution in [0.5, 0.6) is 0 Å². The topological polar surface area (TPSA) is 75.2 Å². The predicted molar refractivity (Wildman–Crippen MR) is 50.3 cm³/mol. The molecule has 5 nitrogen and oxygen atoms in total. The zero-order chi connectivity index (χ0) is 10.4. The molecule has 14 heavy (non-hydrogen) atoms. The molecule has 5 heteroatoms. The molecular weight excluding hydrogens is 184 g/mol. The lowest BCUT2D eigenvalue weighted by Gasteiger charge is -2.02. The van der Waals surface area contributed by atoms with Crippen molar-refractivity contribution in [3.05, 3.63) is 24.3 Å². The number of ether oxygens (including phenoxy) is 1. The van der Waals surface area contributed by atoms with Gasteiger partial charge in [0.25, 0.3) is 0 Å². The Labute approximate surface area is 81.4 Å². The molecular formula is C9H12N2O3. The number of rotatable bonds is 4. The van der Waals surface area contributed by atoms with Crippen LogP contribution in [0.2, 0.25) is 0 Å². The van der Waals surface area contributed by atoms with Gasteiger partial charge < -0.3 is 14.8 Å². The van der Waals surface area contributed by atoms with Gasteiger partial charge in [-0.15, -0.1) is 0 Å². The number of aliphatic hydroxyl groups excluding tert-OH is 1. The zero-order valence-corrected chi connectivity index (χ0v) is 7.80. The smallest absolute Gasteiger partial charge is 0.334 e. The van der Waals surface area contributed by atoms with E-state index in [9.17, 15) is 4.79 Å². The minimum absolute atomic E-state index is 0.129. The highest BCUT2D eigenvalue weighted by Gasteiger charge is 2.07. The molecule has 76 valence electrons. The lowest BCUT2D eigenvalue weighted by molar-refractivity contribution is -0.151. The number of hydrogen-bond donors (Lipinski definition) is 2. The minimum atomic E-state index is -1.08. The summed E-state index contributed by atoms with van der Waals surface area (Å²) < 4.78 is 4.68. The van der Waals surface area contributed by atoms with Crippen molar-refractivity contribution < 1.29 is 14.6 Å². The number of nitrogens with zero attached hydrogens (tertiary/aromatic N) is 1. The van der Waals surface area contributed by atoms with Crippen molar-refractivity contribution in [3.63, 3.8) is 0 Å². The van der Waals surface area contributed by atoms with Gasteiger partial charge in [0.15, 0.2) is 0 Å². The van der Waals surface area contributed by atoms with Crippen molar-refractivity contribution in [2.24, 2.45) is 0 Å². The summed E-state index contributed by atoms with van der Waals surface area (Å²) in [5.74, 6) is 0.0622. The summed E-state index contributed by atoms with van der Waals surface area (Å²) in [6.07, 6.45) is 5.57. The quantitative estimate of drug-likeness (QED) is 0.681. The van der Waals surface area contributed by atoms with Crippen LogP contribution in [0.25, 0.3) is 6.08 Å². The molecule has 0 aliphatic carbocycles. The number of carbonyl (C=O) groups is 1. The van der Waals surface area contributed by atoms with Crippen LogP contribution in [-0.4, -0.2) is 33.8 Å². The van der Waals surface area contributed by atoms with Gasteiger partial charge in [-0.3, -0.25) is 0 Å². The Hall–Kier alpha value is -1.62. The third kappa shape index (κ3) is 3.40. The van der Waals surface area contributed by atoms with Gasteiger partial charge in [-0.05, 0) is 19.1 Å². The van der Waals surface area contributed by atoms with Gasteiger partial charge in [-0.1, -0.05) is 0 Å². The summed E-state index contributed by atoms with van der Waals surface area (Å²) in [5, 5.41) is 8.79. The van der Waals surface area contributed by atoms with Crippen molar-refractivity contribution in [1.82, 2.24) is 9.97 Å². The summed E-state index contributed by atoms with van der Waals surface area (Å²) >= 11 is 0. The molecule has 0 fully saturated rings. The molecule has 0 spiro atoms. The molecule has 0 unspecified atom stereocenters. The van der Waals surface area contributed by atoms with Crippen molar-refractivity contribution in [2.45, 2.75) is 13.0 Å². The van der Waals surface area contributed by atoms with Crippen LogP contribution in [0.3, 0.4) is 0 Å². The summed E-state index contributed by atoms with van der Waals surface area (Å²) in [6.45, 7) is 1.49. The van der Waals surface area contributed by atoms with Crippen LogP contribution >= 0.6 is 0 Å². The number of carbonyl (C=O) groups excluding carboxylic acids is 1. The average molecular weight is 196 g/mol. The lowest BCUT2D eigenvalue weighted by Crippen LogP contribution is -2.19. The highest BCUT2D eigenvalue weighted by Crippen LogP contribution is 1.93. The molecule has 1 rings (SSSR count). The van der Waals surface area contributed by atoms with Gasteiger partial charge in [0.1, 0.15) is 18.5 Å². The Morgan fingerprint density at radius 1 is 1.86 bits per heavy atom. The van der Waals surface area contributed by atoms with Gasteiger partial charge in [0.05, 0.1) is 0 Å². The molecule has 0 aromatic carbocycles. The van der Waals surface area contributed by atoms with E-state index < -0.39 is 12.1 Å². The molecule has 1 atom stereocenters. The number of nitrogens with one attached hydrogen (secondary N) is 1. The van der Waals surface area contributed by atoms with Gasteiger partial charge in [-0.2, -0.15) is 0 Å². The number of aromatic nitrogens is 2. The van der Waals surface area contributed by atoms with E-state index in [0.29, 0.717) is 5.82 Å². The first-order chi connectivity index (χ1) is 6.70. The first-order valence-electron chi connectivity index (χ1n) is 4.21. The summed E-state index contributed by atoms with van der Waals surface area (Å²) in [7, 11) is 0. The van der Waals surface area contributed by atoms with E-state index in [0.717, 1.165) is 0 Å². The van der Waals surface area contributed by atoms with Gasteiger partial charge in [0, 0.05) is 12.4 Å². The molecule has 1 heterocycles. The average Bonchev–Trinajstić information content (AvgIpc) is 2.64. The van der Waals surface area contributed by atoms with Crippen molar-refractivity contribution >= 4 is 12.0 Å². The monoisotopic (exact) mass is 196 g/mol. The number of aliphatic hydroxyl groups is 1. The zero-order valence-electron chi connectivity index (χ0n) is 7.80. The van der Waals surface area contributed by atoms with E-state index in [1.54, 1.807) is 24.5 Å². The minimum Gasteiger partial charge on any atom is -0.460 e. The first-order valence-corrected chi connectivity index (χ1v) is 4.21. The maximum atomic E-state index is 10.8. The first kappa shape index (κ1) is 10.5. The Bertz CT molecular complexity index is 304. The molecule has 0 saturated heterocycles. The van der Waals surface area contributed by atoms with E-state index in [1.807, 2.05) is 0 Å². The maximum Gasteiger partial charge on any atom is 0.334 e. The number of H-pyrrole nitrogens is 1. The fourth-order valence-corrected chi connectivity index (χ4v) is 0.779. The van der Waals surface area contributed by atoms with Crippen LogP contribution in [0.15, 0.2) is 18.5 Å². The van der Waals surface area contributed by atoms with E-state index in [4.69, 9.17) is 5.11 Å². The molecule has 0 aliphatic rings. The molecule has 1 aromatic rings. The van der Waals surface area contributed by atoms with Crippen LogP contribution in [0.1, 0.15) is 12.7 Å². The van der Waals surface area contributed by atoms with Crippen molar-refractivity contribution in [3.8, 4) is 0 Å². The van der Waals surface area contributed by atoms with Crippen LogP contribution in [0, 0.1) is 0 Å². The Balaban J connectivity index is 2.25. The molecule has 0 aliphatic heterocycles. The SMILES string of the molecule is C[C@H](O)C(=O)OC/C=C\c1ncc[nH]1. The standard InChI is InChI=1S/C9H12N2O3/c1-7(12)9(13)14-6-2-3-8-10-4-5-11-8/h2-5,7,12H,6H2,1H3,(H,10,11)/b3-2-/t7-/m0/s1. The Morgan fingerprint density at radius 2 is 2.64 bits per heavy atom. The van der Waals surface area contributed by atoms with Crippen LogP contribution in [0.4, 0.5) is 0 Å². The fourth-order valence-electron chi connectivity index (χ4n) is 0.779. The van der Waals surface area contributed by atoms with Gasteiger partial charge in [0.2, 0.25) is 0 Å². The fraction of sp³-hybridized carbons (Fsp3) is 0.333. The van der Waals surface area contributed by atoms with Gasteiger partial charge >= 0.3 is 5.97 Å². The highest BCUT2D eigenvalue weighted by atomic mass is 16.5. The second-order valence-corrected chi connectivity index (χ2v) is 2.68. The largest absolute Gasteiger partial charge is 0.460 e. The second kappa shape index (κ2) is 5.18. The molecule has 1 aromatic heterocycles. The number of imidazole rings is 1. The molecule has 0 radical (unpaired) electrons. The van der Waals surface area contributed by atoms with Gasteiger partial charge in [-0.25, -0.2) is 9.78 Å². The van der Waals surface area contributed by atoms with Crippen molar-refractivity contribution in [2.75, 3.05) is 6.61 Å². The van der Waals surface area contributed by atoms with Crippen molar-refractivity contribution in [1.29, 1.82) is 0 Å². The third-order valence-electron chi connectivity index (χ3n) is 1.46. The second-order valence-electron chi connectivity index (χ2n) is 2.68. The number of esters is 1. The van der Waals surface area contributed by atoms with Crippen LogP contribution in [-0.2, 0) is 9.53 Å². The molecule has 0 saturated carbocycles. The maximum absolute atomic E-state index is 10.8. The molecule has 0 amide bonds. The number of aromatic amines is 1. The van der Waals surface area contributed by atoms with E-state index >= 15 is 0 Å². The van der Waals surface area contributed by atoms with E-state index in [1.165, 1.54) is 6.92 Å². The summed E-state index contributed by atoms with van der Waals surface area (Å²) in [4.78, 5) is 17.6. The van der Waals surface area contributed by atoms with Crippen LogP contribution < -0.4 is 0 Å². The highest BCUT2D eigenvalue weighted by molar-refractivity contribution is 5.73. The number of hydrogen-bond acceptors (Lipinski definition) is 4. The third-order valence-corrected chi connectivity index (χ3v) is 1.46. The van der Waals surface area contributed by atoms with E-state index in [-0.39, 0.29) is 6.61 Å². The predicted octanol–water partition coefficient (Wildman–Crippen LogP) is 0.347. The summed E-state index contributed by atoms with van der Waals surface area (Å²) in [5.41, 5.74) is 0. The lowest BCUT2D eigenvalue weighted by atomic mass is 10.4. The molecule has 0 bridgehead atoms. The Morgan fingerprint density at radius 3 is 3.21 bits per heavy atom. The summed E-state index contributed by atoms with van der Waals surface area (Å²) in [6, 6.07) is 0. The Kier molecular flexibility index (Phi) is 3.87. The molecule has 2 N–H and O–H groups in total. The normalized spacial score (nSPS) is 13.0. The van der Waals surface area contributed by atoms with E-state index in [2.05, 4.69) is 14.7 Å².